The van der Waals surface area contributed by atoms with E-state index in [1.807, 2.05) is 39.0 Å². The summed E-state index contributed by atoms with van der Waals surface area (Å²) in [6.45, 7) is 7.02. The summed E-state index contributed by atoms with van der Waals surface area (Å²) in [5.74, 6) is 0. The Balaban J connectivity index is 1.99. The van der Waals surface area contributed by atoms with Crippen molar-refractivity contribution in [3.8, 4) is 0 Å². The summed E-state index contributed by atoms with van der Waals surface area (Å²) in [4.78, 5) is 0.322. The third-order valence-electron chi connectivity index (χ3n) is 4.44. The van der Waals surface area contributed by atoms with Crippen molar-refractivity contribution in [3.05, 3.63) is 65.2 Å². The topological polar surface area (TPSA) is 49.9 Å². The van der Waals surface area contributed by atoms with Crippen molar-refractivity contribution >= 4 is 10.0 Å². The molecular formula is C19H23NO3S. The normalized spacial score (nSPS) is 18.6. The smallest absolute Gasteiger partial charge is 0.243 e. The minimum Gasteiger partial charge on any atom is -0.372 e. The van der Waals surface area contributed by atoms with Crippen LogP contribution in [0.15, 0.2) is 53.4 Å². The van der Waals surface area contributed by atoms with Crippen LogP contribution in [0.5, 0.6) is 0 Å². The molecule has 3 rings (SSSR count). The van der Waals surface area contributed by atoms with E-state index >= 15 is 0 Å². The molecule has 0 aromatic heterocycles. The van der Waals surface area contributed by atoms with Crippen molar-refractivity contribution in [1.29, 1.82) is 0 Å². The lowest BCUT2D eigenvalue weighted by atomic mass is 10.0. The van der Waals surface area contributed by atoms with Gasteiger partial charge in [-0.2, -0.15) is 4.31 Å². The molecule has 2 aromatic carbocycles. The molecule has 4 nitrogen and oxygen atoms in total. The number of hydrogen-bond donors (Lipinski definition) is 0. The first-order valence-electron chi connectivity index (χ1n) is 8.15. The standard InChI is InChI=1S/C19H23NO3S/c1-14-9-10-19(15(2)11-14)16(3)20(12-17-13-23-17)24(21,22)18-7-5-4-6-8-18/h4-11,16-17H,12-13H2,1-3H3. The zero-order valence-corrected chi connectivity index (χ0v) is 15.1. The Morgan fingerprint density at radius 2 is 1.83 bits per heavy atom. The summed E-state index contributed by atoms with van der Waals surface area (Å²) in [7, 11) is -3.58. The molecular weight excluding hydrogens is 322 g/mol. The van der Waals surface area contributed by atoms with Gasteiger partial charge in [0, 0.05) is 12.6 Å². The SMILES string of the molecule is Cc1ccc(C(C)N(CC2CO2)S(=O)(=O)c2ccccc2)c(C)c1. The molecule has 5 heteroatoms. The first-order valence-corrected chi connectivity index (χ1v) is 9.59. The molecule has 1 aliphatic rings. The zero-order chi connectivity index (χ0) is 17.3. The quantitative estimate of drug-likeness (QED) is 0.754. The predicted octanol–water partition coefficient (Wildman–Crippen LogP) is 3.45. The van der Waals surface area contributed by atoms with E-state index in [4.69, 9.17) is 4.74 Å². The second kappa shape index (κ2) is 6.67. The van der Waals surface area contributed by atoms with Gasteiger partial charge < -0.3 is 4.74 Å². The van der Waals surface area contributed by atoms with Gasteiger partial charge in [-0.25, -0.2) is 8.42 Å². The van der Waals surface area contributed by atoms with E-state index in [9.17, 15) is 8.42 Å². The number of ether oxygens (including phenoxy) is 1. The lowest BCUT2D eigenvalue weighted by Gasteiger charge is -2.29. The van der Waals surface area contributed by atoms with Crippen LogP contribution in [-0.4, -0.2) is 32.0 Å². The summed E-state index contributed by atoms with van der Waals surface area (Å²) in [6.07, 6.45) is -0.00306. The van der Waals surface area contributed by atoms with Gasteiger partial charge in [0.2, 0.25) is 10.0 Å². The van der Waals surface area contributed by atoms with Crippen molar-refractivity contribution in [2.75, 3.05) is 13.2 Å². The van der Waals surface area contributed by atoms with E-state index in [1.54, 1.807) is 28.6 Å². The van der Waals surface area contributed by atoms with Gasteiger partial charge in [0.25, 0.3) is 0 Å². The number of benzene rings is 2. The van der Waals surface area contributed by atoms with Crippen LogP contribution < -0.4 is 0 Å². The molecule has 1 saturated heterocycles. The van der Waals surface area contributed by atoms with E-state index < -0.39 is 10.0 Å². The van der Waals surface area contributed by atoms with Crippen LogP contribution in [0.1, 0.15) is 29.7 Å². The Hall–Kier alpha value is -1.69. The van der Waals surface area contributed by atoms with Crippen molar-refractivity contribution < 1.29 is 13.2 Å². The Labute approximate surface area is 144 Å². The van der Waals surface area contributed by atoms with Crippen molar-refractivity contribution in [2.45, 2.75) is 37.8 Å². The minimum absolute atomic E-state index is 0.00306. The summed E-state index contributed by atoms with van der Waals surface area (Å²) in [6, 6.07) is 14.5. The Bertz CT molecular complexity index is 814. The van der Waals surface area contributed by atoms with Crippen LogP contribution in [0.4, 0.5) is 0 Å². The summed E-state index contributed by atoms with van der Waals surface area (Å²) >= 11 is 0. The number of nitrogens with zero attached hydrogens (tertiary/aromatic N) is 1. The number of rotatable bonds is 6. The first kappa shape index (κ1) is 17.1. The fourth-order valence-electron chi connectivity index (χ4n) is 3.02. The molecule has 0 N–H and O–H groups in total. The average molecular weight is 345 g/mol. The van der Waals surface area contributed by atoms with Gasteiger partial charge in [0.15, 0.2) is 0 Å². The molecule has 24 heavy (non-hydrogen) atoms. The molecule has 1 fully saturated rings. The first-order chi connectivity index (χ1) is 11.4. The highest BCUT2D eigenvalue weighted by Gasteiger charge is 2.36. The van der Waals surface area contributed by atoms with Crippen LogP contribution in [0.2, 0.25) is 0 Å². The molecule has 1 heterocycles. The molecule has 0 amide bonds. The van der Waals surface area contributed by atoms with Crippen molar-refractivity contribution in [1.82, 2.24) is 4.31 Å². The van der Waals surface area contributed by atoms with Gasteiger partial charge in [0.05, 0.1) is 17.6 Å². The summed E-state index contributed by atoms with van der Waals surface area (Å²) in [5, 5.41) is 0. The van der Waals surface area contributed by atoms with Crippen LogP contribution >= 0.6 is 0 Å². The molecule has 1 aliphatic heterocycles. The number of aryl methyl sites for hydroxylation is 2. The molecule has 0 aliphatic carbocycles. The van der Waals surface area contributed by atoms with Crippen LogP contribution in [0.25, 0.3) is 0 Å². The fourth-order valence-corrected chi connectivity index (χ4v) is 4.68. The number of sulfonamides is 1. The second-order valence-corrected chi connectivity index (χ2v) is 8.27. The summed E-state index contributed by atoms with van der Waals surface area (Å²) < 4.78 is 33.2. The van der Waals surface area contributed by atoms with Crippen molar-refractivity contribution in [2.24, 2.45) is 0 Å². The predicted molar refractivity (Wildman–Crippen MR) is 94.4 cm³/mol. The number of hydrogen-bond acceptors (Lipinski definition) is 3. The fraction of sp³-hybridized carbons (Fsp3) is 0.368. The largest absolute Gasteiger partial charge is 0.372 e. The van der Waals surface area contributed by atoms with Gasteiger partial charge in [0.1, 0.15) is 0 Å². The highest BCUT2D eigenvalue weighted by Crippen LogP contribution is 2.31. The molecule has 0 spiro atoms. The van der Waals surface area contributed by atoms with Crippen LogP contribution in [-0.2, 0) is 14.8 Å². The zero-order valence-electron chi connectivity index (χ0n) is 14.3. The maximum Gasteiger partial charge on any atom is 0.243 e. The third-order valence-corrected chi connectivity index (χ3v) is 6.39. The highest BCUT2D eigenvalue weighted by molar-refractivity contribution is 7.89. The average Bonchev–Trinajstić information content (AvgIpc) is 3.37. The summed E-state index contributed by atoms with van der Waals surface area (Å²) in [5.41, 5.74) is 3.31. The van der Waals surface area contributed by atoms with Gasteiger partial charge in [-0.3, -0.25) is 0 Å². The molecule has 128 valence electrons. The molecule has 2 aromatic rings. The van der Waals surface area contributed by atoms with E-state index in [2.05, 4.69) is 6.07 Å². The van der Waals surface area contributed by atoms with Gasteiger partial charge in [-0.05, 0) is 44.0 Å². The number of epoxide rings is 1. The van der Waals surface area contributed by atoms with E-state index in [1.165, 1.54) is 5.56 Å². The Kier molecular flexibility index (Phi) is 4.76. The van der Waals surface area contributed by atoms with Gasteiger partial charge in [-0.15, -0.1) is 0 Å². The van der Waals surface area contributed by atoms with Gasteiger partial charge >= 0.3 is 0 Å². The van der Waals surface area contributed by atoms with E-state index in [-0.39, 0.29) is 12.1 Å². The Morgan fingerprint density at radius 1 is 1.17 bits per heavy atom. The molecule has 2 unspecified atom stereocenters. The molecule has 2 atom stereocenters. The highest BCUT2D eigenvalue weighted by atomic mass is 32.2. The van der Waals surface area contributed by atoms with Crippen molar-refractivity contribution in [3.63, 3.8) is 0 Å². The Morgan fingerprint density at radius 3 is 2.42 bits per heavy atom. The van der Waals surface area contributed by atoms with Crippen LogP contribution in [0, 0.1) is 13.8 Å². The maximum absolute atomic E-state index is 13.2. The lowest BCUT2D eigenvalue weighted by molar-refractivity contribution is 0.295. The second-order valence-electron chi connectivity index (χ2n) is 6.38. The van der Waals surface area contributed by atoms with Crippen LogP contribution in [0.3, 0.4) is 0 Å². The minimum atomic E-state index is -3.58. The van der Waals surface area contributed by atoms with E-state index in [0.29, 0.717) is 18.0 Å². The monoisotopic (exact) mass is 345 g/mol. The lowest BCUT2D eigenvalue weighted by Crippen LogP contribution is -2.37. The molecule has 0 bridgehead atoms. The molecule has 0 radical (unpaired) electrons. The van der Waals surface area contributed by atoms with E-state index in [0.717, 1.165) is 11.1 Å². The molecule has 0 saturated carbocycles. The van der Waals surface area contributed by atoms with Gasteiger partial charge in [-0.1, -0.05) is 42.0 Å². The maximum atomic E-state index is 13.2. The third kappa shape index (κ3) is 3.53.